The van der Waals surface area contributed by atoms with E-state index in [0.717, 1.165) is 6.07 Å². The smallest absolute Gasteiger partial charge is 0.351 e. The highest BCUT2D eigenvalue weighted by atomic mass is 19.4. The summed E-state index contributed by atoms with van der Waals surface area (Å²) >= 11 is 0. The number of rotatable bonds is 2. The highest BCUT2D eigenvalue weighted by Crippen LogP contribution is 2.40. The first-order chi connectivity index (χ1) is 9.39. The number of anilines is 1. The molecule has 0 aliphatic rings. The molecule has 0 bridgehead atoms. The van der Waals surface area contributed by atoms with Gasteiger partial charge < -0.3 is 11.1 Å². The minimum atomic E-state index is -4.53. The molecule has 0 saturated heterocycles. The van der Waals surface area contributed by atoms with Crippen LogP contribution < -0.4 is 11.1 Å². The highest BCUT2D eigenvalue weighted by molar-refractivity contribution is 5.94. The van der Waals surface area contributed by atoms with Crippen LogP contribution in [0.2, 0.25) is 0 Å². The topological polar surface area (TPSA) is 55.1 Å². The summed E-state index contributed by atoms with van der Waals surface area (Å²) in [4.78, 5) is 10.9. The molecule has 2 aromatic carbocycles. The average molecular weight is 280 g/mol. The van der Waals surface area contributed by atoms with Crippen molar-refractivity contribution in [3.8, 4) is 11.1 Å². The molecule has 3 nitrogen and oxygen atoms in total. The standard InChI is InChI=1S/C14H11F3N2O/c15-14(16,17)10-7-4-8-11(19-13(18)20)12(10)9-5-2-1-3-6-9/h1-8H,(H3,18,19,20). The SMILES string of the molecule is NC(=O)Nc1cccc(C(F)(F)F)c1-c1ccccc1. The van der Waals surface area contributed by atoms with Crippen molar-refractivity contribution in [2.75, 3.05) is 5.32 Å². The van der Waals surface area contributed by atoms with E-state index in [2.05, 4.69) is 5.32 Å². The average Bonchev–Trinajstić information content (AvgIpc) is 2.38. The number of carbonyl (C=O) groups is 1. The normalized spacial score (nSPS) is 11.2. The van der Waals surface area contributed by atoms with Crippen LogP contribution in [0.5, 0.6) is 0 Å². The number of benzene rings is 2. The first-order valence-corrected chi connectivity index (χ1v) is 5.71. The summed E-state index contributed by atoms with van der Waals surface area (Å²) in [6.45, 7) is 0. The van der Waals surface area contributed by atoms with E-state index in [1.807, 2.05) is 0 Å². The van der Waals surface area contributed by atoms with Crippen molar-refractivity contribution < 1.29 is 18.0 Å². The van der Waals surface area contributed by atoms with Crippen molar-refractivity contribution in [3.05, 3.63) is 54.1 Å². The number of amides is 2. The lowest BCUT2D eigenvalue weighted by molar-refractivity contribution is -0.137. The maximum absolute atomic E-state index is 13.1. The molecule has 0 aromatic heterocycles. The lowest BCUT2D eigenvalue weighted by atomic mass is 9.97. The van der Waals surface area contributed by atoms with Crippen LogP contribution in [0.3, 0.4) is 0 Å². The van der Waals surface area contributed by atoms with Crippen LogP contribution in [0.25, 0.3) is 11.1 Å². The Labute approximate surface area is 113 Å². The fraction of sp³-hybridized carbons (Fsp3) is 0.0714. The molecule has 0 radical (unpaired) electrons. The van der Waals surface area contributed by atoms with Crippen LogP contribution in [-0.2, 0) is 6.18 Å². The molecule has 2 amide bonds. The van der Waals surface area contributed by atoms with E-state index in [9.17, 15) is 18.0 Å². The second kappa shape index (κ2) is 5.24. The molecule has 0 unspecified atom stereocenters. The van der Waals surface area contributed by atoms with Crippen molar-refractivity contribution in [2.24, 2.45) is 5.73 Å². The summed E-state index contributed by atoms with van der Waals surface area (Å²) in [5, 5.41) is 2.22. The second-order valence-corrected chi connectivity index (χ2v) is 4.08. The number of carbonyl (C=O) groups excluding carboxylic acids is 1. The number of nitrogens with two attached hydrogens (primary N) is 1. The molecular weight excluding hydrogens is 269 g/mol. The lowest BCUT2D eigenvalue weighted by Gasteiger charge is -2.17. The fourth-order valence-electron chi connectivity index (χ4n) is 1.94. The molecule has 0 saturated carbocycles. The number of alkyl halides is 3. The fourth-order valence-corrected chi connectivity index (χ4v) is 1.94. The largest absolute Gasteiger partial charge is 0.417 e. The molecule has 0 fully saturated rings. The molecule has 3 N–H and O–H groups in total. The molecule has 0 spiro atoms. The van der Waals surface area contributed by atoms with Gasteiger partial charge in [-0.15, -0.1) is 0 Å². The molecule has 0 aliphatic heterocycles. The van der Waals surface area contributed by atoms with Gasteiger partial charge in [0, 0.05) is 5.56 Å². The zero-order valence-corrected chi connectivity index (χ0v) is 10.2. The Morgan fingerprint density at radius 2 is 1.65 bits per heavy atom. The molecule has 20 heavy (non-hydrogen) atoms. The quantitative estimate of drug-likeness (QED) is 0.862. The third kappa shape index (κ3) is 2.90. The van der Waals surface area contributed by atoms with Crippen LogP contribution in [-0.4, -0.2) is 6.03 Å². The Morgan fingerprint density at radius 3 is 2.20 bits per heavy atom. The van der Waals surface area contributed by atoms with Gasteiger partial charge >= 0.3 is 12.2 Å². The van der Waals surface area contributed by atoms with Crippen LogP contribution in [0.1, 0.15) is 5.56 Å². The third-order valence-electron chi connectivity index (χ3n) is 2.69. The van der Waals surface area contributed by atoms with Gasteiger partial charge in [0.05, 0.1) is 11.3 Å². The van der Waals surface area contributed by atoms with E-state index in [-0.39, 0.29) is 11.3 Å². The summed E-state index contributed by atoms with van der Waals surface area (Å²) in [5.74, 6) is 0. The molecule has 6 heteroatoms. The molecular formula is C14H11F3N2O. The number of primary amides is 1. The molecule has 0 aliphatic carbocycles. The van der Waals surface area contributed by atoms with Crippen LogP contribution >= 0.6 is 0 Å². The zero-order chi connectivity index (χ0) is 14.8. The highest BCUT2D eigenvalue weighted by Gasteiger charge is 2.34. The van der Waals surface area contributed by atoms with Crippen LogP contribution in [0, 0.1) is 0 Å². The summed E-state index contributed by atoms with van der Waals surface area (Å²) in [5.41, 5.74) is 4.45. The van der Waals surface area contributed by atoms with Gasteiger partial charge in [0.2, 0.25) is 0 Å². The van der Waals surface area contributed by atoms with E-state index in [1.165, 1.54) is 24.3 Å². The van der Waals surface area contributed by atoms with Crippen LogP contribution in [0.15, 0.2) is 48.5 Å². The maximum Gasteiger partial charge on any atom is 0.417 e. The second-order valence-electron chi connectivity index (χ2n) is 4.08. The monoisotopic (exact) mass is 280 g/mol. The number of hydrogen-bond acceptors (Lipinski definition) is 1. The Kier molecular flexibility index (Phi) is 3.65. The maximum atomic E-state index is 13.1. The minimum absolute atomic E-state index is 0.0264. The lowest BCUT2D eigenvalue weighted by Crippen LogP contribution is -2.20. The van der Waals surface area contributed by atoms with Crippen molar-refractivity contribution >= 4 is 11.7 Å². The van der Waals surface area contributed by atoms with Crippen molar-refractivity contribution in [1.82, 2.24) is 0 Å². The first kappa shape index (κ1) is 13.9. The number of halogens is 3. The van der Waals surface area contributed by atoms with Gasteiger partial charge in [-0.25, -0.2) is 4.79 Å². The number of hydrogen-bond donors (Lipinski definition) is 2. The Balaban J connectivity index is 2.69. The summed E-state index contributed by atoms with van der Waals surface area (Å²) < 4.78 is 39.3. The predicted molar refractivity (Wildman–Crippen MR) is 70.1 cm³/mol. The van der Waals surface area contributed by atoms with E-state index in [4.69, 9.17) is 5.73 Å². The molecule has 104 valence electrons. The van der Waals surface area contributed by atoms with Gasteiger partial charge in [-0.05, 0) is 17.7 Å². The van der Waals surface area contributed by atoms with Crippen molar-refractivity contribution in [2.45, 2.75) is 6.18 Å². The predicted octanol–water partition coefficient (Wildman–Crippen LogP) is 3.86. The van der Waals surface area contributed by atoms with Gasteiger partial charge in [-0.1, -0.05) is 36.4 Å². The van der Waals surface area contributed by atoms with Gasteiger partial charge in [0.1, 0.15) is 0 Å². The van der Waals surface area contributed by atoms with Crippen molar-refractivity contribution in [3.63, 3.8) is 0 Å². The van der Waals surface area contributed by atoms with Gasteiger partial charge in [0.15, 0.2) is 0 Å². The van der Waals surface area contributed by atoms with Crippen molar-refractivity contribution in [1.29, 1.82) is 0 Å². The Hall–Kier alpha value is -2.50. The zero-order valence-electron chi connectivity index (χ0n) is 10.2. The van der Waals surface area contributed by atoms with Gasteiger partial charge in [-0.2, -0.15) is 13.2 Å². The number of nitrogens with one attached hydrogen (secondary N) is 1. The molecule has 0 heterocycles. The third-order valence-corrected chi connectivity index (χ3v) is 2.69. The summed E-state index contributed by atoms with van der Waals surface area (Å²) in [7, 11) is 0. The molecule has 2 rings (SSSR count). The first-order valence-electron chi connectivity index (χ1n) is 5.71. The van der Waals surface area contributed by atoms with E-state index in [1.54, 1.807) is 18.2 Å². The molecule has 2 aromatic rings. The Morgan fingerprint density at radius 1 is 1.00 bits per heavy atom. The van der Waals surface area contributed by atoms with E-state index >= 15 is 0 Å². The number of urea groups is 1. The van der Waals surface area contributed by atoms with Gasteiger partial charge in [0.25, 0.3) is 0 Å². The van der Waals surface area contributed by atoms with Gasteiger partial charge in [-0.3, -0.25) is 0 Å². The summed E-state index contributed by atoms with van der Waals surface area (Å²) in [6, 6.07) is 10.7. The molecule has 0 atom stereocenters. The Bertz CT molecular complexity index is 624. The minimum Gasteiger partial charge on any atom is -0.351 e. The summed E-state index contributed by atoms with van der Waals surface area (Å²) in [6.07, 6.45) is -4.53. The van der Waals surface area contributed by atoms with E-state index < -0.39 is 17.8 Å². The van der Waals surface area contributed by atoms with E-state index in [0.29, 0.717) is 5.56 Å². The van der Waals surface area contributed by atoms with Crippen LogP contribution in [0.4, 0.5) is 23.7 Å².